The van der Waals surface area contributed by atoms with Gasteiger partial charge in [0.15, 0.2) is 0 Å². The number of rotatable bonds is 5. The number of carbonyl (C=O) groups excluding carboxylic acids is 1. The van der Waals surface area contributed by atoms with Crippen molar-refractivity contribution in [3.8, 4) is 11.4 Å². The van der Waals surface area contributed by atoms with Crippen molar-refractivity contribution in [2.24, 2.45) is 5.92 Å². The second kappa shape index (κ2) is 7.63. The van der Waals surface area contributed by atoms with Gasteiger partial charge in [-0.3, -0.25) is 4.79 Å². The summed E-state index contributed by atoms with van der Waals surface area (Å²) in [5, 5.41) is 11.2. The molecule has 1 heterocycles. The van der Waals surface area contributed by atoms with Gasteiger partial charge in [-0.05, 0) is 47.4 Å². The summed E-state index contributed by atoms with van der Waals surface area (Å²) < 4.78 is 6.88. The van der Waals surface area contributed by atoms with Gasteiger partial charge in [-0.2, -0.15) is 4.68 Å². The molecule has 134 valence electrons. The first kappa shape index (κ1) is 17.4. The molecule has 0 spiro atoms. The molecule has 1 aromatic heterocycles. The Kier molecular flexibility index (Phi) is 5.31. The van der Waals surface area contributed by atoms with Crippen molar-refractivity contribution >= 4 is 5.91 Å². The lowest BCUT2D eigenvalue weighted by molar-refractivity contribution is 0.0608. The summed E-state index contributed by atoms with van der Waals surface area (Å²) in [4.78, 5) is 15.0. The van der Waals surface area contributed by atoms with Crippen LogP contribution in [0.2, 0.25) is 0 Å². The van der Waals surface area contributed by atoms with E-state index in [2.05, 4.69) is 22.4 Å². The van der Waals surface area contributed by atoms with Gasteiger partial charge in [0.05, 0.1) is 7.11 Å². The highest BCUT2D eigenvalue weighted by Crippen LogP contribution is 2.31. The van der Waals surface area contributed by atoms with Gasteiger partial charge in [0, 0.05) is 18.7 Å². The van der Waals surface area contributed by atoms with E-state index in [-0.39, 0.29) is 5.91 Å². The van der Waals surface area contributed by atoms with Crippen LogP contribution in [0.1, 0.15) is 49.4 Å². The lowest BCUT2D eigenvalue weighted by atomic mass is 9.82. The number of hydrogen-bond donors (Lipinski definition) is 0. The molecule has 0 bridgehead atoms. The monoisotopic (exact) mass is 343 g/mol. The first-order chi connectivity index (χ1) is 12.2. The van der Waals surface area contributed by atoms with Crippen LogP contribution in [0.3, 0.4) is 0 Å². The summed E-state index contributed by atoms with van der Waals surface area (Å²) in [5.74, 6) is 1.23. The van der Waals surface area contributed by atoms with Gasteiger partial charge in [-0.1, -0.05) is 26.2 Å². The van der Waals surface area contributed by atoms with Gasteiger partial charge in [0.1, 0.15) is 17.8 Å². The lowest BCUT2D eigenvalue weighted by Crippen LogP contribution is -2.43. The molecule has 2 aromatic rings. The van der Waals surface area contributed by atoms with Crippen LogP contribution in [0.4, 0.5) is 0 Å². The summed E-state index contributed by atoms with van der Waals surface area (Å²) in [7, 11) is 3.51. The van der Waals surface area contributed by atoms with Gasteiger partial charge in [0.2, 0.25) is 0 Å². The number of carbonyl (C=O) groups is 1. The zero-order valence-corrected chi connectivity index (χ0v) is 15.1. The fourth-order valence-electron chi connectivity index (χ4n) is 3.80. The predicted octanol–water partition coefficient (Wildman–Crippen LogP) is 2.71. The Bertz CT molecular complexity index is 716. The minimum absolute atomic E-state index is 0.0299. The molecule has 1 fully saturated rings. The van der Waals surface area contributed by atoms with Crippen molar-refractivity contribution in [2.75, 3.05) is 14.2 Å². The molecule has 7 nitrogen and oxygen atoms in total. The van der Waals surface area contributed by atoms with Gasteiger partial charge in [0.25, 0.3) is 5.91 Å². The quantitative estimate of drug-likeness (QED) is 0.834. The summed E-state index contributed by atoms with van der Waals surface area (Å²) in [6.45, 7) is 2.21. The topological polar surface area (TPSA) is 73.1 Å². The molecule has 0 radical (unpaired) electrons. The van der Waals surface area contributed by atoms with E-state index in [9.17, 15) is 4.79 Å². The number of aromatic nitrogens is 4. The lowest BCUT2D eigenvalue weighted by Gasteiger charge is -2.37. The van der Waals surface area contributed by atoms with E-state index in [1.165, 1.54) is 30.3 Å². The number of methoxy groups -OCH3 is 1. The Morgan fingerprint density at radius 1 is 1.36 bits per heavy atom. The van der Waals surface area contributed by atoms with Gasteiger partial charge in [-0.25, -0.2) is 0 Å². The summed E-state index contributed by atoms with van der Waals surface area (Å²) in [6, 6.07) is 5.69. The molecule has 1 aromatic carbocycles. The molecular weight excluding hydrogens is 318 g/mol. The minimum Gasteiger partial charge on any atom is -0.494 e. The number of benzene rings is 1. The average molecular weight is 343 g/mol. The third-order valence-corrected chi connectivity index (χ3v) is 5.23. The Labute approximate surface area is 148 Å². The molecule has 7 heteroatoms. The molecule has 3 rings (SSSR count). The maximum Gasteiger partial charge on any atom is 0.253 e. The van der Waals surface area contributed by atoms with Crippen molar-refractivity contribution in [1.82, 2.24) is 25.1 Å². The highest BCUT2D eigenvalue weighted by atomic mass is 16.5. The van der Waals surface area contributed by atoms with Gasteiger partial charge >= 0.3 is 0 Å². The zero-order valence-electron chi connectivity index (χ0n) is 15.1. The van der Waals surface area contributed by atoms with E-state index < -0.39 is 0 Å². The fraction of sp³-hybridized carbons (Fsp3) is 0.556. The Morgan fingerprint density at radius 3 is 2.84 bits per heavy atom. The van der Waals surface area contributed by atoms with Crippen molar-refractivity contribution in [1.29, 1.82) is 0 Å². The van der Waals surface area contributed by atoms with Crippen LogP contribution < -0.4 is 4.74 Å². The third kappa shape index (κ3) is 3.50. The molecule has 1 saturated carbocycles. The van der Waals surface area contributed by atoms with Crippen molar-refractivity contribution in [3.63, 3.8) is 0 Å². The molecule has 0 unspecified atom stereocenters. The van der Waals surface area contributed by atoms with E-state index in [0.29, 0.717) is 29.0 Å². The maximum absolute atomic E-state index is 13.1. The van der Waals surface area contributed by atoms with Gasteiger partial charge < -0.3 is 9.64 Å². The molecule has 0 saturated heterocycles. The first-order valence-corrected chi connectivity index (χ1v) is 8.84. The van der Waals surface area contributed by atoms with Crippen LogP contribution in [0.25, 0.3) is 5.69 Å². The fourth-order valence-corrected chi connectivity index (χ4v) is 3.80. The second-order valence-corrected chi connectivity index (χ2v) is 6.58. The number of ether oxygens (including phenoxy) is 1. The minimum atomic E-state index is 0.0299. The standard InChI is InChI=1S/C18H25N5O2/c1-4-13-7-5-6-8-15(13)22(2)18(24)14-9-10-17(25-3)16(11-14)23-12-19-20-21-23/h9-13,15H,4-8H2,1-3H3/t13-,15+/m0/s1. The van der Waals surface area contributed by atoms with Crippen LogP contribution in [-0.2, 0) is 0 Å². The molecule has 0 aliphatic heterocycles. The van der Waals surface area contributed by atoms with Gasteiger partial charge in [-0.15, -0.1) is 5.10 Å². The van der Waals surface area contributed by atoms with Crippen LogP contribution >= 0.6 is 0 Å². The molecule has 25 heavy (non-hydrogen) atoms. The number of amides is 1. The molecule has 1 aliphatic carbocycles. The van der Waals surface area contributed by atoms with Crippen molar-refractivity contribution in [2.45, 2.75) is 45.1 Å². The Balaban J connectivity index is 1.88. The first-order valence-electron chi connectivity index (χ1n) is 8.84. The largest absolute Gasteiger partial charge is 0.494 e. The SMILES string of the molecule is CC[C@H]1CCCC[C@H]1N(C)C(=O)c1ccc(OC)c(-n2cnnn2)c1. The van der Waals surface area contributed by atoms with Crippen LogP contribution in [0, 0.1) is 5.92 Å². The molecule has 2 atom stereocenters. The van der Waals surface area contributed by atoms with E-state index in [0.717, 1.165) is 12.8 Å². The number of nitrogens with zero attached hydrogens (tertiary/aromatic N) is 5. The van der Waals surface area contributed by atoms with Crippen LogP contribution in [0.5, 0.6) is 5.75 Å². The van der Waals surface area contributed by atoms with E-state index >= 15 is 0 Å². The summed E-state index contributed by atoms with van der Waals surface area (Å²) in [6.07, 6.45) is 7.35. The van der Waals surface area contributed by atoms with Crippen molar-refractivity contribution in [3.05, 3.63) is 30.1 Å². The van der Waals surface area contributed by atoms with E-state index in [1.807, 2.05) is 11.9 Å². The second-order valence-electron chi connectivity index (χ2n) is 6.58. The molecule has 1 amide bonds. The normalized spacial score (nSPS) is 20.3. The molecule has 1 aliphatic rings. The number of hydrogen-bond acceptors (Lipinski definition) is 5. The highest BCUT2D eigenvalue weighted by molar-refractivity contribution is 5.95. The number of tetrazole rings is 1. The smallest absolute Gasteiger partial charge is 0.253 e. The zero-order chi connectivity index (χ0) is 17.8. The summed E-state index contributed by atoms with van der Waals surface area (Å²) in [5.41, 5.74) is 1.27. The van der Waals surface area contributed by atoms with Crippen LogP contribution in [0.15, 0.2) is 24.5 Å². The van der Waals surface area contributed by atoms with Crippen molar-refractivity contribution < 1.29 is 9.53 Å². The third-order valence-electron chi connectivity index (χ3n) is 5.23. The van der Waals surface area contributed by atoms with Crippen LogP contribution in [-0.4, -0.2) is 51.2 Å². The molecule has 0 N–H and O–H groups in total. The highest BCUT2D eigenvalue weighted by Gasteiger charge is 2.30. The average Bonchev–Trinajstić information content (AvgIpc) is 3.20. The predicted molar refractivity (Wildman–Crippen MR) is 93.8 cm³/mol. The maximum atomic E-state index is 13.1. The Hall–Kier alpha value is -2.44. The van der Waals surface area contributed by atoms with E-state index in [4.69, 9.17) is 4.74 Å². The molecular formula is C18H25N5O2. The van der Waals surface area contributed by atoms with E-state index in [1.54, 1.807) is 25.3 Å². The summed E-state index contributed by atoms with van der Waals surface area (Å²) >= 11 is 0. The Morgan fingerprint density at radius 2 is 2.16 bits per heavy atom.